The lowest BCUT2D eigenvalue weighted by Gasteiger charge is -2.15. The molecule has 0 radical (unpaired) electrons. The molecule has 2 rings (SSSR count). The summed E-state index contributed by atoms with van der Waals surface area (Å²) in [5.74, 6) is 1.78. The third kappa shape index (κ3) is 19.4. The van der Waals surface area contributed by atoms with Crippen molar-refractivity contribution in [3.8, 4) is 0 Å². The molecule has 0 saturated carbocycles. The summed E-state index contributed by atoms with van der Waals surface area (Å²) in [7, 11) is 0. The van der Waals surface area contributed by atoms with Gasteiger partial charge < -0.3 is 14.6 Å². The molecule has 222 valence electrons. The van der Waals surface area contributed by atoms with Crippen LogP contribution in [0.4, 0.5) is 0 Å². The zero-order valence-corrected chi connectivity index (χ0v) is 25.1. The summed E-state index contributed by atoms with van der Waals surface area (Å²) in [5.41, 5.74) is 0. The fourth-order valence-electron chi connectivity index (χ4n) is 6.08. The van der Waals surface area contributed by atoms with E-state index in [1.54, 1.807) is 0 Å². The van der Waals surface area contributed by atoms with E-state index in [0.29, 0.717) is 6.61 Å². The smallest absolute Gasteiger partial charge is 0.104 e. The molecule has 3 unspecified atom stereocenters. The first-order valence-corrected chi connectivity index (χ1v) is 17.0. The lowest BCUT2D eigenvalue weighted by atomic mass is 9.99. The molecule has 3 atom stereocenters. The van der Waals surface area contributed by atoms with E-state index in [2.05, 4.69) is 24.3 Å². The third-order valence-electron chi connectivity index (χ3n) is 8.67. The summed E-state index contributed by atoms with van der Waals surface area (Å²) in [6, 6.07) is 0. The van der Waals surface area contributed by atoms with E-state index in [-0.39, 0.29) is 12.7 Å². The van der Waals surface area contributed by atoms with E-state index >= 15 is 0 Å². The Hall–Kier alpha value is -0.640. The van der Waals surface area contributed by atoms with Crippen molar-refractivity contribution in [2.45, 2.75) is 160 Å². The van der Waals surface area contributed by atoms with Crippen LogP contribution in [0, 0.1) is 11.8 Å². The molecule has 0 spiro atoms. The Labute approximate surface area is 237 Å². The van der Waals surface area contributed by atoms with Gasteiger partial charge in [-0.05, 0) is 63.2 Å². The Morgan fingerprint density at radius 2 is 0.974 bits per heavy atom. The van der Waals surface area contributed by atoms with Gasteiger partial charge in [0.15, 0.2) is 0 Å². The topological polar surface area (TPSA) is 38.7 Å². The molecular weight excluding hydrogens is 468 g/mol. The van der Waals surface area contributed by atoms with Crippen LogP contribution in [0.1, 0.15) is 154 Å². The van der Waals surface area contributed by atoms with Crippen LogP contribution < -0.4 is 0 Å². The fraction of sp³-hybridized carbons (Fsp3) is 0.886. The SMILES string of the molecule is OCC(COCCCCCCCCCCCC1C=CCC1)OCCCCCCCCCCCC1C=CCC1. The lowest BCUT2D eigenvalue weighted by molar-refractivity contribution is -0.0437. The Morgan fingerprint density at radius 3 is 1.39 bits per heavy atom. The standard InChI is InChI=1S/C35H64O3/c36-31-35(38-30-22-14-10-6-2-4-8-12-16-24-34-27-19-20-28-34)32-37-29-21-13-9-5-1-3-7-11-15-23-33-25-17-18-26-33/h17,19,25,27,33-36H,1-16,18,20-24,26,28-32H2. The van der Waals surface area contributed by atoms with E-state index < -0.39 is 0 Å². The molecule has 38 heavy (non-hydrogen) atoms. The number of hydrogen-bond donors (Lipinski definition) is 1. The van der Waals surface area contributed by atoms with Crippen LogP contribution >= 0.6 is 0 Å². The molecular formula is C35H64O3. The van der Waals surface area contributed by atoms with E-state index in [1.165, 1.54) is 141 Å². The maximum Gasteiger partial charge on any atom is 0.104 e. The van der Waals surface area contributed by atoms with Gasteiger partial charge in [0.05, 0.1) is 13.2 Å². The van der Waals surface area contributed by atoms with Crippen LogP contribution in [-0.4, -0.2) is 37.6 Å². The number of aliphatic hydroxyl groups excluding tert-OH is 1. The minimum Gasteiger partial charge on any atom is -0.394 e. The van der Waals surface area contributed by atoms with Gasteiger partial charge in [-0.15, -0.1) is 0 Å². The van der Waals surface area contributed by atoms with Crippen molar-refractivity contribution in [1.29, 1.82) is 0 Å². The van der Waals surface area contributed by atoms with Crippen molar-refractivity contribution in [1.82, 2.24) is 0 Å². The molecule has 2 aliphatic rings. The number of ether oxygens (including phenoxy) is 2. The highest BCUT2D eigenvalue weighted by molar-refractivity contribution is 4.96. The lowest BCUT2D eigenvalue weighted by Crippen LogP contribution is -2.24. The van der Waals surface area contributed by atoms with Gasteiger partial charge in [0.25, 0.3) is 0 Å². The first-order chi connectivity index (χ1) is 18.9. The maximum absolute atomic E-state index is 9.57. The maximum atomic E-state index is 9.57. The Balaban J connectivity index is 1.22. The molecule has 0 aromatic rings. The predicted octanol–water partition coefficient (Wildman–Crippen LogP) is 10.1. The predicted molar refractivity (Wildman–Crippen MR) is 164 cm³/mol. The van der Waals surface area contributed by atoms with Crippen molar-refractivity contribution in [3.63, 3.8) is 0 Å². The van der Waals surface area contributed by atoms with Gasteiger partial charge in [-0.25, -0.2) is 0 Å². The molecule has 0 aliphatic heterocycles. The minimum absolute atomic E-state index is 0.0639. The molecule has 0 aromatic carbocycles. The highest BCUT2D eigenvalue weighted by Gasteiger charge is 2.09. The van der Waals surface area contributed by atoms with Gasteiger partial charge in [-0.1, -0.05) is 127 Å². The highest BCUT2D eigenvalue weighted by atomic mass is 16.5. The van der Waals surface area contributed by atoms with E-state index in [4.69, 9.17) is 9.47 Å². The average Bonchev–Trinajstić information content (AvgIpc) is 3.65. The summed E-state index contributed by atoms with van der Waals surface area (Å²) >= 11 is 0. The van der Waals surface area contributed by atoms with Crippen molar-refractivity contribution in [2.75, 3.05) is 26.4 Å². The number of hydrogen-bond acceptors (Lipinski definition) is 3. The molecule has 3 nitrogen and oxygen atoms in total. The summed E-state index contributed by atoms with van der Waals surface area (Å²) in [5, 5.41) is 9.57. The van der Waals surface area contributed by atoms with Gasteiger partial charge >= 0.3 is 0 Å². The molecule has 0 bridgehead atoms. The quantitative estimate of drug-likeness (QED) is 0.0804. The van der Waals surface area contributed by atoms with Gasteiger partial charge in [0, 0.05) is 13.2 Å². The number of aliphatic hydroxyl groups is 1. The van der Waals surface area contributed by atoms with Gasteiger partial charge in [-0.2, -0.15) is 0 Å². The largest absolute Gasteiger partial charge is 0.394 e. The van der Waals surface area contributed by atoms with Gasteiger partial charge in [0.1, 0.15) is 6.10 Å². The summed E-state index contributed by atoms with van der Waals surface area (Å²) < 4.78 is 11.6. The second-order valence-corrected chi connectivity index (χ2v) is 12.2. The zero-order chi connectivity index (χ0) is 26.8. The van der Waals surface area contributed by atoms with E-state index in [9.17, 15) is 5.11 Å². The molecule has 0 amide bonds. The number of rotatable bonds is 28. The monoisotopic (exact) mass is 532 g/mol. The van der Waals surface area contributed by atoms with E-state index in [0.717, 1.165) is 37.9 Å². The fourth-order valence-corrected chi connectivity index (χ4v) is 6.08. The Morgan fingerprint density at radius 1 is 0.553 bits per heavy atom. The van der Waals surface area contributed by atoms with Crippen molar-refractivity contribution >= 4 is 0 Å². The molecule has 0 heterocycles. The molecule has 0 fully saturated rings. The second kappa shape index (κ2) is 25.3. The van der Waals surface area contributed by atoms with Crippen LogP contribution in [-0.2, 0) is 9.47 Å². The van der Waals surface area contributed by atoms with Gasteiger partial charge in [-0.3, -0.25) is 0 Å². The first kappa shape index (κ1) is 33.6. The molecule has 1 N–H and O–H groups in total. The van der Waals surface area contributed by atoms with Gasteiger partial charge in [0.2, 0.25) is 0 Å². The average molecular weight is 533 g/mol. The van der Waals surface area contributed by atoms with Crippen molar-refractivity contribution in [2.24, 2.45) is 11.8 Å². The first-order valence-electron chi connectivity index (χ1n) is 17.0. The minimum atomic E-state index is -0.153. The Bertz CT molecular complexity index is 557. The summed E-state index contributed by atoms with van der Waals surface area (Å²) in [4.78, 5) is 0. The molecule has 0 saturated heterocycles. The Kier molecular flexibility index (Phi) is 22.4. The number of allylic oxidation sites excluding steroid dienone is 4. The van der Waals surface area contributed by atoms with Crippen molar-refractivity contribution < 1.29 is 14.6 Å². The molecule has 0 aromatic heterocycles. The normalized spacial score (nSPS) is 19.6. The number of unbranched alkanes of at least 4 members (excludes halogenated alkanes) is 16. The summed E-state index contributed by atoms with van der Waals surface area (Å²) in [6.45, 7) is 2.15. The molecule has 2 aliphatic carbocycles. The second-order valence-electron chi connectivity index (χ2n) is 12.2. The van der Waals surface area contributed by atoms with Crippen LogP contribution in [0.5, 0.6) is 0 Å². The van der Waals surface area contributed by atoms with Crippen molar-refractivity contribution in [3.05, 3.63) is 24.3 Å². The zero-order valence-electron chi connectivity index (χ0n) is 25.1. The van der Waals surface area contributed by atoms with Crippen LogP contribution in [0.2, 0.25) is 0 Å². The third-order valence-corrected chi connectivity index (χ3v) is 8.67. The highest BCUT2D eigenvalue weighted by Crippen LogP contribution is 2.24. The van der Waals surface area contributed by atoms with Crippen LogP contribution in [0.3, 0.4) is 0 Å². The summed E-state index contributed by atoms with van der Waals surface area (Å²) in [6.07, 6.45) is 41.9. The van der Waals surface area contributed by atoms with E-state index in [1.807, 2.05) is 0 Å². The van der Waals surface area contributed by atoms with Crippen LogP contribution in [0.15, 0.2) is 24.3 Å². The van der Waals surface area contributed by atoms with Crippen LogP contribution in [0.25, 0.3) is 0 Å². The molecule has 3 heteroatoms.